The second-order valence-electron chi connectivity index (χ2n) is 9.70. The second kappa shape index (κ2) is 12.6. The Hall–Kier alpha value is -2.59. The van der Waals surface area contributed by atoms with Crippen LogP contribution in [0.5, 0.6) is 5.75 Å². The van der Waals surface area contributed by atoms with E-state index in [1.54, 1.807) is 36.1 Å². The number of anilines is 1. The van der Waals surface area contributed by atoms with Crippen LogP contribution in [0.3, 0.4) is 0 Å². The third-order valence-electron chi connectivity index (χ3n) is 5.44. The predicted molar refractivity (Wildman–Crippen MR) is 146 cm³/mol. The molecule has 0 unspecified atom stereocenters. The number of amides is 2. The van der Waals surface area contributed by atoms with Crippen molar-refractivity contribution < 1.29 is 22.7 Å². The van der Waals surface area contributed by atoms with Crippen molar-refractivity contribution in [2.75, 3.05) is 24.2 Å². The summed E-state index contributed by atoms with van der Waals surface area (Å²) < 4.78 is 32.2. The van der Waals surface area contributed by atoms with Crippen molar-refractivity contribution in [3.63, 3.8) is 0 Å². The number of halogens is 1. The van der Waals surface area contributed by atoms with Gasteiger partial charge < -0.3 is 15.0 Å². The molecule has 0 aliphatic heterocycles. The van der Waals surface area contributed by atoms with Crippen molar-refractivity contribution in [3.05, 3.63) is 58.6 Å². The van der Waals surface area contributed by atoms with Crippen molar-refractivity contribution in [2.24, 2.45) is 0 Å². The number of rotatable bonds is 11. The summed E-state index contributed by atoms with van der Waals surface area (Å²) in [6, 6.07) is 13.6. The van der Waals surface area contributed by atoms with E-state index < -0.39 is 21.6 Å². The second-order valence-corrected chi connectivity index (χ2v) is 12.5. The Morgan fingerprint density at radius 3 is 2.14 bits per heavy atom. The summed E-state index contributed by atoms with van der Waals surface area (Å²) in [5, 5.41) is 2.94. The molecule has 0 fully saturated rings. The molecule has 0 aliphatic carbocycles. The molecule has 0 heterocycles. The molecule has 1 atom stereocenters. The molecule has 1 N–H and O–H groups in total. The molecule has 0 spiro atoms. The topological polar surface area (TPSA) is 96.0 Å². The number of ether oxygens (including phenoxy) is 1. The lowest BCUT2D eigenvalue weighted by Gasteiger charge is -2.32. The van der Waals surface area contributed by atoms with Gasteiger partial charge in [-0.25, -0.2) is 8.42 Å². The van der Waals surface area contributed by atoms with Crippen LogP contribution in [0.1, 0.15) is 46.1 Å². The summed E-state index contributed by atoms with van der Waals surface area (Å²) in [7, 11) is -2.02. The molecule has 2 aromatic carbocycles. The summed E-state index contributed by atoms with van der Waals surface area (Å²) in [5.74, 6) is 0.148. The van der Waals surface area contributed by atoms with Gasteiger partial charge in [-0.05, 0) is 76.1 Å². The molecule has 8 nitrogen and oxygen atoms in total. The van der Waals surface area contributed by atoms with Gasteiger partial charge in [-0.2, -0.15) is 0 Å². The lowest BCUT2D eigenvalue weighted by atomic mass is 10.1. The molecular weight excluding hydrogens is 546 g/mol. The first-order valence-electron chi connectivity index (χ1n) is 11.7. The van der Waals surface area contributed by atoms with Gasteiger partial charge in [0, 0.05) is 29.5 Å². The fourth-order valence-corrected chi connectivity index (χ4v) is 4.83. The van der Waals surface area contributed by atoms with Crippen molar-refractivity contribution >= 4 is 43.5 Å². The molecule has 2 rings (SSSR count). The summed E-state index contributed by atoms with van der Waals surface area (Å²) >= 11 is 3.41. The third-order valence-corrected chi connectivity index (χ3v) is 7.17. The van der Waals surface area contributed by atoms with Crippen LogP contribution in [0, 0.1) is 0 Å². The van der Waals surface area contributed by atoms with E-state index in [0.717, 1.165) is 16.3 Å². The third kappa shape index (κ3) is 9.13. The first-order chi connectivity index (χ1) is 16.7. The number of nitrogens with zero attached hydrogens (tertiary/aromatic N) is 2. The molecule has 2 aromatic rings. The molecule has 0 saturated carbocycles. The summed E-state index contributed by atoms with van der Waals surface area (Å²) in [4.78, 5) is 27.8. The van der Waals surface area contributed by atoms with E-state index in [1.807, 2.05) is 45.0 Å². The Kier molecular flexibility index (Phi) is 10.4. The number of nitrogens with one attached hydrogen (secondary N) is 1. The van der Waals surface area contributed by atoms with Gasteiger partial charge in [0.05, 0.1) is 19.1 Å². The largest absolute Gasteiger partial charge is 0.497 e. The first-order valence-corrected chi connectivity index (χ1v) is 14.3. The summed E-state index contributed by atoms with van der Waals surface area (Å²) in [6.07, 6.45) is 1.52. The molecule has 10 heteroatoms. The Morgan fingerprint density at radius 1 is 1.06 bits per heavy atom. The van der Waals surface area contributed by atoms with E-state index in [-0.39, 0.29) is 31.3 Å². The number of hydrogen-bond donors (Lipinski definition) is 1. The minimum absolute atomic E-state index is 0.0891. The number of methoxy groups -OCH3 is 1. The monoisotopic (exact) mass is 581 g/mol. The smallest absolute Gasteiger partial charge is 0.242 e. The molecule has 0 aromatic heterocycles. The fraction of sp³-hybridized carbons (Fsp3) is 0.462. The Labute approximate surface area is 223 Å². The molecule has 2 amide bonds. The Bertz CT molecular complexity index is 1130. The fourth-order valence-electron chi connectivity index (χ4n) is 3.60. The molecule has 198 valence electrons. The highest BCUT2D eigenvalue weighted by Crippen LogP contribution is 2.22. The van der Waals surface area contributed by atoms with Crippen LogP contribution in [-0.2, 0) is 26.2 Å². The Balaban J connectivity index is 2.17. The zero-order valence-electron chi connectivity index (χ0n) is 21.7. The van der Waals surface area contributed by atoms with E-state index in [2.05, 4.69) is 21.2 Å². The molecule has 36 heavy (non-hydrogen) atoms. The predicted octanol–water partition coefficient (Wildman–Crippen LogP) is 4.34. The number of carbonyl (C=O) groups is 2. The number of benzene rings is 2. The van der Waals surface area contributed by atoms with Gasteiger partial charge in [-0.15, -0.1) is 0 Å². The van der Waals surface area contributed by atoms with Crippen LogP contribution in [0.15, 0.2) is 53.0 Å². The van der Waals surface area contributed by atoms with Crippen molar-refractivity contribution in [3.8, 4) is 5.75 Å². The van der Waals surface area contributed by atoms with Crippen LogP contribution in [0.4, 0.5) is 5.69 Å². The maximum atomic E-state index is 13.3. The average molecular weight is 583 g/mol. The molecule has 0 saturated heterocycles. The van der Waals surface area contributed by atoms with Crippen LogP contribution in [0.2, 0.25) is 0 Å². The highest BCUT2D eigenvalue weighted by molar-refractivity contribution is 9.10. The van der Waals surface area contributed by atoms with Gasteiger partial charge in [0.15, 0.2) is 0 Å². The zero-order chi connectivity index (χ0) is 27.1. The van der Waals surface area contributed by atoms with Gasteiger partial charge >= 0.3 is 0 Å². The average Bonchev–Trinajstić information content (AvgIpc) is 2.79. The SMILES string of the molecule is COc1ccc(N(CCCC(=O)N(Cc2ccc(Br)cc2)[C@H](C)C(=O)NC(C)(C)C)S(C)(=O)=O)cc1. The standard InChI is InChI=1S/C26H36BrN3O5S/c1-19(25(32)28-26(2,3)4)29(18-20-9-11-21(27)12-10-20)24(31)8-7-17-30(36(6,33)34)22-13-15-23(35-5)16-14-22/h9-16,19H,7-8,17-18H2,1-6H3,(H,28,32)/t19-/m1/s1. The lowest BCUT2D eigenvalue weighted by molar-refractivity contribution is -0.141. The van der Waals surface area contributed by atoms with E-state index >= 15 is 0 Å². The van der Waals surface area contributed by atoms with Crippen LogP contribution in [-0.4, -0.2) is 56.6 Å². The highest BCUT2D eigenvalue weighted by atomic mass is 79.9. The van der Waals surface area contributed by atoms with Gasteiger partial charge in [0.25, 0.3) is 0 Å². The minimum Gasteiger partial charge on any atom is -0.497 e. The van der Waals surface area contributed by atoms with Gasteiger partial charge in [0.2, 0.25) is 21.8 Å². The van der Waals surface area contributed by atoms with Gasteiger partial charge in [0.1, 0.15) is 11.8 Å². The molecular formula is C26H36BrN3O5S. The normalized spacial score (nSPS) is 12.5. The lowest BCUT2D eigenvalue weighted by Crippen LogP contribution is -2.52. The summed E-state index contributed by atoms with van der Waals surface area (Å²) in [5.41, 5.74) is 0.944. The highest BCUT2D eigenvalue weighted by Gasteiger charge is 2.28. The zero-order valence-corrected chi connectivity index (χ0v) is 24.1. The van der Waals surface area contributed by atoms with Gasteiger partial charge in [-0.3, -0.25) is 13.9 Å². The quantitative estimate of drug-likeness (QED) is 0.426. The van der Waals surface area contributed by atoms with E-state index in [4.69, 9.17) is 4.74 Å². The molecule has 0 radical (unpaired) electrons. The van der Waals surface area contributed by atoms with Crippen LogP contribution < -0.4 is 14.4 Å². The van der Waals surface area contributed by atoms with Crippen molar-refractivity contribution in [1.29, 1.82) is 0 Å². The van der Waals surface area contributed by atoms with E-state index in [9.17, 15) is 18.0 Å². The first kappa shape index (κ1) is 29.6. The van der Waals surface area contributed by atoms with Crippen LogP contribution in [0.25, 0.3) is 0 Å². The summed E-state index contributed by atoms with van der Waals surface area (Å²) in [6.45, 7) is 7.76. The molecule has 0 aliphatic rings. The number of carbonyl (C=O) groups excluding carboxylic acids is 2. The maximum Gasteiger partial charge on any atom is 0.242 e. The van der Waals surface area contributed by atoms with E-state index in [0.29, 0.717) is 17.9 Å². The minimum atomic E-state index is -3.56. The number of sulfonamides is 1. The van der Waals surface area contributed by atoms with Crippen molar-refractivity contribution in [2.45, 2.75) is 58.7 Å². The van der Waals surface area contributed by atoms with Crippen molar-refractivity contribution in [1.82, 2.24) is 10.2 Å². The van der Waals surface area contributed by atoms with Gasteiger partial charge in [-0.1, -0.05) is 28.1 Å². The molecule has 0 bridgehead atoms. The van der Waals surface area contributed by atoms with Crippen LogP contribution >= 0.6 is 15.9 Å². The number of hydrogen-bond acceptors (Lipinski definition) is 5. The Morgan fingerprint density at radius 2 is 1.64 bits per heavy atom. The van der Waals surface area contributed by atoms with E-state index in [1.165, 1.54) is 11.4 Å². The maximum absolute atomic E-state index is 13.3.